The number of aromatic nitrogens is 1. The summed E-state index contributed by atoms with van der Waals surface area (Å²) in [6, 6.07) is 15.5. The second kappa shape index (κ2) is 8.56. The number of rotatable bonds is 4. The Morgan fingerprint density at radius 2 is 1.66 bits per heavy atom. The number of nitrogens with zero attached hydrogens (tertiary/aromatic N) is 3. The van der Waals surface area contributed by atoms with Gasteiger partial charge in [-0.25, -0.2) is 0 Å². The molecule has 2 fully saturated rings. The monoisotopic (exact) mass is 454 g/mol. The second-order valence-corrected chi connectivity index (χ2v) is 8.80. The van der Waals surface area contributed by atoms with E-state index in [1.807, 2.05) is 35.9 Å². The SMILES string of the molecule is CN1[C@@H]2CC[C@H]1C[C@@H](NC(=O)c1c(-c3ccc([N+](=O)[O-])cc3)n(C)c3ccccc13)C2.Cl. The van der Waals surface area contributed by atoms with Crippen LogP contribution in [0.5, 0.6) is 0 Å². The largest absolute Gasteiger partial charge is 0.349 e. The molecule has 7 nitrogen and oxygen atoms in total. The van der Waals surface area contributed by atoms with Crippen molar-refractivity contribution in [3.05, 3.63) is 64.2 Å². The molecule has 8 heteroatoms. The van der Waals surface area contributed by atoms with Crippen LogP contribution in [0.1, 0.15) is 36.0 Å². The molecule has 0 spiro atoms. The summed E-state index contributed by atoms with van der Waals surface area (Å²) in [7, 11) is 4.13. The molecule has 2 aliphatic rings. The van der Waals surface area contributed by atoms with Crippen LogP contribution in [0, 0.1) is 10.1 Å². The third-order valence-corrected chi connectivity index (χ3v) is 7.12. The van der Waals surface area contributed by atoms with Crippen LogP contribution in [0.15, 0.2) is 48.5 Å². The van der Waals surface area contributed by atoms with Crippen LogP contribution in [0.3, 0.4) is 0 Å². The zero-order valence-electron chi connectivity index (χ0n) is 18.2. The Hall–Kier alpha value is -2.90. The third-order valence-electron chi connectivity index (χ3n) is 7.12. The highest BCUT2D eigenvalue weighted by Crippen LogP contribution is 2.36. The van der Waals surface area contributed by atoms with Gasteiger partial charge in [-0.15, -0.1) is 12.4 Å². The summed E-state index contributed by atoms with van der Waals surface area (Å²) < 4.78 is 2.00. The van der Waals surface area contributed by atoms with E-state index in [9.17, 15) is 14.9 Å². The van der Waals surface area contributed by atoms with E-state index in [-0.39, 0.29) is 30.0 Å². The summed E-state index contributed by atoms with van der Waals surface area (Å²) in [5.41, 5.74) is 3.21. The van der Waals surface area contributed by atoms with E-state index in [4.69, 9.17) is 0 Å². The molecule has 2 aliphatic heterocycles. The van der Waals surface area contributed by atoms with Gasteiger partial charge in [-0.2, -0.15) is 0 Å². The summed E-state index contributed by atoms with van der Waals surface area (Å²) >= 11 is 0. The molecule has 1 aromatic heterocycles. The van der Waals surface area contributed by atoms with Gasteiger partial charge in [-0.3, -0.25) is 14.9 Å². The Labute approximate surface area is 193 Å². The number of amides is 1. The molecular formula is C24H27ClN4O3. The van der Waals surface area contributed by atoms with E-state index in [0.29, 0.717) is 17.6 Å². The Balaban J connectivity index is 0.00000245. The summed E-state index contributed by atoms with van der Waals surface area (Å²) in [6.07, 6.45) is 4.37. The number of nitrogens with one attached hydrogen (secondary N) is 1. The number of carbonyl (C=O) groups excluding carboxylic acids is 1. The molecule has 168 valence electrons. The summed E-state index contributed by atoms with van der Waals surface area (Å²) in [5, 5.41) is 15.3. The quantitative estimate of drug-likeness (QED) is 0.464. The number of non-ortho nitro benzene ring substituents is 1. The van der Waals surface area contributed by atoms with Crippen molar-refractivity contribution in [2.45, 2.75) is 43.8 Å². The number of nitro benzene ring substituents is 1. The maximum Gasteiger partial charge on any atom is 0.269 e. The fourth-order valence-corrected chi connectivity index (χ4v) is 5.49. The van der Waals surface area contributed by atoms with Crippen LogP contribution in [-0.2, 0) is 7.05 Å². The van der Waals surface area contributed by atoms with Crippen LogP contribution >= 0.6 is 12.4 Å². The molecule has 3 aromatic rings. The molecule has 2 saturated heterocycles. The third kappa shape index (κ3) is 3.65. The van der Waals surface area contributed by atoms with Gasteiger partial charge in [0.15, 0.2) is 0 Å². The summed E-state index contributed by atoms with van der Waals surface area (Å²) in [4.78, 5) is 26.7. The van der Waals surface area contributed by atoms with Crippen molar-refractivity contribution in [1.29, 1.82) is 0 Å². The van der Waals surface area contributed by atoms with E-state index in [1.54, 1.807) is 12.1 Å². The minimum Gasteiger partial charge on any atom is -0.349 e. The molecule has 2 aromatic carbocycles. The zero-order valence-corrected chi connectivity index (χ0v) is 19.0. The number of fused-ring (bicyclic) bond motifs is 3. The minimum atomic E-state index is -0.409. The van der Waals surface area contributed by atoms with Gasteiger partial charge in [0.25, 0.3) is 11.6 Å². The fourth-order valence-electron chi connectivity index (χ4n) is 5.49. The van der Waals surface area contributed by atoms with Gasteiger partial charge in [0.2, 0.25) is 0 Å². The van der Waals surface area contributed by atoms with Gasteiger partial charge in [-0.05, 0) is 56.5 Å². The van der Waals surface area contributed by atoms with Crippen molar-refractivity contribution < 1.29 is 9.72 Å². The highest BCUT2D eigenvalue weighted by Gasteiger charge is 2.39. The molecular weight excluding hydrogens is 428 g/mol. The Kier molecular flexibility index (Phi) is 5.97. The molecule has 0 saturated carbocycles. The smallest absolute Gasteiger partial charge is 0.269 e. The number of piperidine rings is 1. The Morgan fingerprint density at radius 3 is 2.28 bits per heavy atom. The van der Waals surface area contributed by atoms with E-state index < -0.39 is 4.92 Å². The van der Waals surface area contributed by atoms with Gasteiger partial charge >= 0.3 is 0 Å². The maximum atomic E-state index is 13.6. The second-order valence-electron chi connectivity index (χ2n) is 8.80. The molecule has 32 heavy (non-hydrogen) atoms. The molecule has 0 aliphatic carbocycles. The van der Waals surface area contributed by atoms with Gasteiger partial charge < -0.3 is 14.8 Å². The fraction of sp³-hybridized carbons (Fsp3) is 0.375. The lowest BCUT2D eigenvalue weighted by Crippen LogP contribution is -2.48. The molecule has 1 amide bonds. The molecule has 5 rings (SSSR count). The lowest BCUT2D eigenvalue weighted by atomic mass is 9.97. The van der Waals surface area contributed by atoms with E-state index in [1.165, 1.54) is 25.0 Å². The average molecular weight is 455 g/mol. The number of hydrogen-bond acceptors (Lipinski definition) is 4. The van der Waals surface area contributed by atoms with Crippen molar-refractivity contribution in [1.82, 2.24) is 14.8 Å². The number of carbonyl (C=O) groups is 1. The topological polar surface area (TPSA) is 80.4 Å². The van der Waals surface area contributed by atoms with Gasteiger partial charge in [0.1, 0.15) is 0 Å². The predicted octanol–water partition coefficient (Wildman–Crippen LogP) is 4.53. The lowest BCUT2D eigenvalue weighted by Gasteiger charge is -2.36. The average Bonchev–Trinajstić information content (AvgIpc) is 3.15. The molecule has 0 unspecified atom stereocenters. The number of benzene rings is 2. The van der Waals surface area contributed by atoms with Gasteiger partial charge in [-0.1, -0.05) is 18.2 Å². The summed E-state index contributed by atoms with van der Waals surface area (Å²) in [6.45, 7) is 0. The van der Waals surface area contributed by atoms with Crippen molar-refractivity contribution in [2.24, 2.45) is 7.05 Å². The van der Waals surface area contributed by atoms with E-state index >= 15 is 0 Å². The molecule has 0 radical (unpaired) electrons. The Morgan fingerprint density at radius 1 is 1.03 bits per heavy atom. The van der Waals surface area contributed by atoms with Crippen LogP contribution in [0.2, 0.25) is 0 Å². The number of halogens is 1. The summed E-state index contributed by atoms with van der Waals surface area (Å²) in [5.74, 6) is -0.0703. The van der Waals surface area contributed by atoms with Crippen molar-refractivity contribution in [2.75, 3.05) is 7.05 Å². The highest BCUT2D eigenvalue weighted by atomic mass is 35.5. The van der Waals surface area contributed by atoms with Gasteiger partial charge in [0, 0.05) is 48.2 Å². The highest BCUT2D eigenvalue weighted by molar-refractivity contribution is 6.12. The van der Waals surface area contributed by atoms with Crippen molar-refractivity contribution >= 4 is 34.9 Å². The van der Waals surface area contributed by atoms with E-state index in [0.717, 1.165) is 35.0 Å². The van der Waals surface area contributed by atoms with Crippen LogP contribution in [0.4, 0.5) is 5.69 Å². The Bertz CT molecular complexity index is 1160. The first-order chi connectivity index (χ1) is 14.9. The zero-order chi connectivity index (χ0) is 21.7. The number of nitro groups is 1. The normalized spacial score (nSPS) is 22.5. The first-order valence-electron chi connectivity index (χ1n) is 10.8. The van der Waals surface area contributed by atoms with Crippen molar-refractivity contribution in [3.63, 3.8) is 0 Å². The number of aryl methyl sites for hydroxylation is 1. The number of hydrogen-bond donors (Lipinski definition) is 1. The standard InChI is InChI=1S/C24H26N4O3.ClH/c1-26-18-11-12-19(26)14-16(13-18)25-24(29)22-20-5-3-4-6-21(20)27(2)23(22)15-7-9-17(10-8-15)28(30)31;/h3-10,16,18-19H,11-14H2,1-2H3,(H,25,29);1H/t16-,18+,19-;. The van der Waals surface area contributed by atoms with Crippen LogP contribution in [0.25, 0.3) is 22.2 Å². The van der Waals surface area contributed by atoms with Crippen LogP contribution < -0.4 is 5.32 Å². The van der Waals surface area contributed by atoms with E-state index in [2.05, 4.69) is 17.3 Å². The first-order valence-corrected chi connectivity index (χ1v) is 10.8. The first kappa shape index (κ1) is 22.3. The van der Waals surface area contributed by atoms with Gasteiger partial charge in [0.05, 0.1) is 16.2 Å². The molecule has 2 bridgehead atoms. The number of para-hydroxylation sites is 1. The molecule has 1 N–H and O–H groups in total. The lowest BCUT2D eigenvalue weighted by molar-refractivity contribution is -0.384. The van der Waals surface area contributed by atoms with Crippen molar-refractivity contribution in [3.8, 4) is 11.3 Å². The minimum absolute atomic E-state index is 0. The van der Waals surface area contributed by atoms with Crippen LogP contribution in [-0.4, -0.2) is 45.5 Å². The maximum absolute atomic E-state index is 13.6. The molecule has 3 atom stereocenters. The predicted molar refractivity (Wildman–Crippen MR) is 127 cm³/mol. The molecule has 3 heterocycles.